The molecule has 1 saturated heterocycles. The summed E-state index contributed by atoms with van der Waals surface area (Å²) >= 11 is 0. The van der Waals surface area contributed by atoms with Gasteiger partial charge < -0.3 is 5.73 Å². The van der Waals surface area contributed by atoms with Gasteiger partial charge in [0.2, 0.25) is 5.91 Å². The Labute approximate surface area is 110 Å². The van der Waals surface area contributed by atoms with Gasteiger partial charge in [-0.2, -0.15) is 0 Å². The Balaban J connectivity index is 1.81. The van der Waals surface area contributed by atoms with Gasteiger partial charge >= 0.3 is 0 Å². The van der Waals surface area contributed by atoms with Crippen molar-refractivity contribution >= 4 is 5.91 Å². The van der Waals surface area contributed by atoms with Crippen LogP contribution in [0.3, 0.4) is 0 Å². The summed E-state index contributed by atoms with van der Waals surface area (Å²) < 4.78 is 0. The molecule has 0 bridgehead atoms. The zero-order valence-electron chi connectivity index (χ0n) is 11.4. The van der Waals surface area contributed by atoms with Crippen LogP contribution in [0.1, 0.15) is 57.8 Å². The molecular formula is C15H26N2O. The van der Waals surface area contributed by atoms with Crippen LogP contribution in [-0.2, 0) is 4.79 Å². The largest absolute Gasteiger partial charge is 0.370 e. The van der Waals surface area contributed by atoms with Gasteiger partial charge in [0, 0.05) is 19.0 Å². The molecule has 2 aliphatic rings. The summed E-state index contributed by atoms with van der Waals surface area (Å²) in [6.07, 6.45) is 13.1. The lowest BCUT2D eigenvalue weighted by Crippen LogP contribution is -2.42. The van der Waals surface area contributed by atoms with E-state index in [4.69, 9.17) is 5.73 Å². The van der Waals surface area contributed by atoms with Crippen molar-refractivity contribution < 1.29 is 4.79 Å². The zero-order chi connectivity index (χ0) is 12.8. The first-order chi connectivity index (χ1) is 8.75. The monoisotopic (exact) mass is 250 g/mol. The molecular weight excluding hydrogens is 224 g/mol. The van der Waals surface area contributed by atoms with Crippen LogP contribution >= 0.6 is 0 Å². The number of hydrogen-bond donors (Lipinski definition) is 1. The van der Waals surface area contributed by atoms with Crippen molar-refractivity contribution in [3.05, 3.63) is 11.6 Å². The van der Waals surface area contributed by atoms with E-state index in [1.807, 2.05) is 0 Å². The van der Waals surface area contributed by atoms with E-state index in [0.717, 1.165) is 19.5 Å². The lowest BCUT2D eigenvalue weighted by molar-refractivity contribution is -0.119. The van der Waals surface area contributed by atoms with Crippen LogP contribution in [0.25, 0.3) is 0 Å². The molecule has 1 aliphatic heterocycles. The van der Waals surface area contributed by atoms with Gasteiger partial charge in [0.05, 0.1) is 0 Å². The summed E-state index contributed by atoms with van der Waals surface area (Å²) in [6.45, 7) is 2.26. The summed E-state index contributed by atoms with van der Waals surface area (Å²) in [5.74, 6) is -0.149. The van der Waals surface area contributed by atoms with E-state index < -0.39 is 0 Å². The molecule has 3 nitrogen and oxygen atoms in total. The summed E-state index contributed by atoms with van der Waals surface area (Å²) in [7, 11) is 0. The van der Waals surface area contributed by atoms with Crippen molar-refractivity contribution in [2.45, 2.75) is 63.8 Å². The first kappa shape index (κ1) is 13.6. The van der Waals surface area contributed by atoms with Gasteiger partial charge in [0.1, 0.15) is 0 Å². The van der Waals surface area contributed by atoms with Crippen molar-refractivity contribution in [1.29, 1.82) is 0 Å². The number of piperidine rings is 1. The molecule has 18 heavy (non-hydrogen) atoms. The van der Waals surface area contributed by atoms with Crippen LogP contribution in [-0.4, -0.2) is 29.9 Å². The summed E-state index contributed by atoms with van der Waals surface area (Å²) in [4.78, 5) is 13.6. The molecule has 2 rings (SSSR count). The summed E-state index contributed by atoms with van der Waals surface area (Å²) in [5, 5.41) is 0. The van der Waals surface area contributed by atoms with Crippen LogP contribution in [0, 0.1) is 0 Å². The summed E-state index contributed by atoms with van der Waals surface area (Å²) in [6, 6.07) is 0.403. The molecule has 1 heterocycles. The van der Waals surface area contributed by atoms with Crippen LogP contribution in [0.15, 0.2) is 11.6 Å². The fraction of sp³-hybridized carbons (Fsp3) is 0.800. The average molecular weight is 250 g/mol. The molecule has 0 radical (unpaired) electrons. The van der Waals surface area contributed by atoms with E-state index in [1.54, 1.807) is 5.57 Å². The SMILES string of the molecule is NC(=O)CC1CCCCN1CCC1=CCCCC1. The highest BCUT2D eigenvalue weighted by Gasteiger charge is 2.23. The predicted octanol–water partition coefficient (Wildman–Crippen LogP) is 2.61. The molecule has 1 amide bonds. The zero-order valence-corrected chi connectivity index (χ0v) is 11.4. The Morgan fingerprint density at radius 2 is 2.22 bits per heavy atom. The number of carbonyl (C=O) groups excluding carboxylic acids is 1. The number of amides is 1. The minimum Gasteiger partial charge on any atom is -0.370 e. The maximum atomic E-state index is 11.1. The Bertz CT molecular complexity index is 312. The average Bonchev–Trinajstić information content (AvgIpc) is 2.38. The maximum Gasteiger partial charge on any atom is 0.218 e. The number of nitrogens with two attached hydrogens (primary N) is 1. The molecule has 2 N–H and O–H groups in total. The third kappa shape index (κ3) is 4.13. The smallest absolute Gasteiger partial charge is 0.218 e. The van der Waals surface area contributed by atoms with Crippen LogP contribution < -0.4 is 5.73 Å². The van der Waals surface area contributed by atoms with Gasteiger partial charge in [0.15, 0.2) is 0 Å². The highest BCUT2D eigenvalue weighted by Crippen LogP contribution is 2.24. The van der Waals surface area contributed by atoms with Gasteiger partial charge in [-0.05, 0) is 51.5 Å². The predicted molar refractivity (Wildman–Crippen MR) is 74.2 cm³/mol. The topological polar surface area (TPSA) is 46.3 Å². The third-order valence-corrected chi connectivity index (χ3v) is 4.29. The fourth-order valence-electron chi connectivity index (χ4n) is 3.24. The maximum absolute atomic E-state index is 11.1. The number of carbonyl (C=O) groups is 1. The summed E-state index contributed by atoms with van der Waals surface area (Å²) in [5.41, 5.74) is 6.98. The van der Waals surface area contributed by atoms with Crippen molar-refractivity contribution in [3.63, 3.8) is 0 Å². The molecule has 0 aromatic carbocycles. The van der Waals surface area contributed by atoms with Gasteiger partial charge in [0.25, 0.3) is 0 Å². The second-order valence-electron chi connectivity index (χ2n) is 5.71. The van der Waals surface area contributed by atoms with Gasteiger partial charge in [-0.25, -0.2) is 0 Å². The molecule has 0 aromatic rings. The Hall–Kier alpha value is -0.830. The Morgan fingerprint density at radius 1 is 1.33 bits per heavy atom. The first-order valence-corrected chi connectivity index (χ1v) is 7.46. The number of likely N-dealkylation sites (tertiary alicyclic amines) is 1. The number of hydrogen-bond acceptors (Lipinski definition) is 2. The lowest BCUT2D eigenvalue weighted by atomic mass is 9.95. The van der Waals surface area contributed by atoms with E-state index in [2.05, 4.69) is 11.0 Å². The molecule has 102 valence electrons. The Morgan fingerprint density at radius 3 is 2.94 bits per heavy atom. The van der Waals surface area contributed by atoms with E-state index in [9.17, 15) is 4.79 Å². The van der Waals surface area contributed by atoms with E-state index in [-0.39, 0.29) is 5.91 Å². The quantitative estimate of drug-likeness (QED) is 0.762. The van der Waals surface area contributed by atoms with Crippen LogP contribution in [0.5, 0.6) is 0 Å². The van der Waals surface area contributed by atoms with E-state index in [0.29, 0.717) is 12.5 Å². The second kappa shape index (κ2) is 6.93. The van der Waals surface area contributed by atoms with E-state index in [1.165, 1.54) is 44.9 Å². The molecule has 0 spiro atoms. The van der Waals surface area contributed by atoms with Gasteiger partial charge in [-0.15, -0.1) is 0 Å². The van der Waals surface area contributed by atoms with Crippen molar-refractivity contribution in [3.8, 4) is 0 Å². The van der Waals surface area contributed by atoms with Crippen LogP contribution in [0.2, 0.25) is 0 Å². The molecule has 1 fully saturated rings. The fourth-order valence-corrected chi connectivity index (χ4v) is 3.24. The van der Waals surface area contributed by atoms with Gasteiger partial charge in [-0.1, -0.05) is 18.1 Å². The third-order valence-electron chi connectivity index (χ3n) is 4.29. The number of primary amides is 1. The molecule has 0 saturated carbocycles. The minimum atomic E-state index is -0.149. The molecule has 3 heteroatoms. The lowest BCUT2D eigenvalue weighted by Gasteiger charge is -2.35. The molecule has 1 aliphatic carbocycles. The number of nitrogens with zero attached hydrogens (tertiary/aromatic N) is 1. The van der Waals surface area contributed by atoms with E-state index >= 15 is 0 Å². The van der Waals surface area contributed by atoms with Crippen molar-refractivity contribution in [1.82, 2.24) is 4.90 Å². The van der Waals surface area contributed by atoms with Gasteiger partial charge in [-0.3, -0.25) is 9.69 Å². The molecule has 1 unspecified atom stereocenters. The van der Waals surface area contributed by atoms with Crippen molar-refractivity contribution in [2.75, 3.05) is 13.1 Å². The number of rotatable bonds is 5. The standard InChI is InChI=1S/C15H26N2O/c16-15(18)12-14-8-4-5-10-17(14)11-9-13-6-2-1-3-7-13/h6,14H,1-5,7-12H2,(H2,16,18). The molecule has 0 aromatic heterocycles. The van der Waals surface area contributed by atoms with Crippen LogP contribution in [0.4, 0.5) is 0 Å². The Kier molecular flexibility index (Phi) is 5.24. The second-order valence-corrected chi connectivity index (χ2v) is 5.71. The highest BCUT2D eigenvalue weighted by atomic mass is 16.1. The molecule has 1 atom stereocenters. The first-order valence-electron chi connectivity index (χ1n) is 7.46. The number of allylic oxidation sites excluding steroid dienone is 1. The van der Waals surface area contributed by atoms with Crippen molar-refractivity contribution in [2.24, 2.45) is 5.73 Å². The highest BCUT2D eigenvalue weighted by molar-refractivity contribution is 5.74. The minimum absolute atomic E-state index is 0.149. The normalized spacial score (nSPS) is 25.8.